The highest BCUT2D eigenvalue weighted by Crippen LogP contribution is 2.28. The molecule has 0 bridgehead atoms. The molecule has 1 aliphatic rings. The first kappa shape index (κ1) is 10.4. The van der Waals surface area contributed by atoms with Crippen LogP contribution in [-0.2, 0) is 4.74 Å². The fourth-order valence-electron chi connectivity index (χ4n) is 1.70. The van der Waals surface area contributed by atoms with Crippen LogP contribution in [0.25, 0.3) is 0 Å². The molecule has 0 aromatic heterocycles. The minimum atomic E-state index is -0.997. The van der Waals surface area contributed by atoms with Crippen LogP contribution >= 0.6 is 0 Å². The van der Waals surface area contributed by atoms with E-state index in [9.17, 15) is 4.39 Å². The van der Waals surface area contributed by atoms with Crippen LogP contribution in [0.2, 0.25) is 0 Å². The fraction of sp³-hybridized carbons (Fsp3) is 0.500. The molecule has 0 radical (unpaired) electrons. The SMILES string of the molecule is CC(F)c1ccccc1OC1CCOC1. The van der Waals surface area contributed by atoms with Gasteiger partial charge in [0.2, 0.25) is 0 Å². The monoisotopic (exact) mass is 210 g/mol. The number of hydrogen-bond donors (Lipinski definition) is 0. The van der Waals surface area contributed by atoms with E-state index in [2.05, 4.69) is 0 Å². The van der Waals surface area contributed by atoms with Gasteiger partial charge in [-0.15, -0.1) is 0 Å². The Bertz CT molecular complexity index is 319. The van der Waals surface area contributed by atoms with Gasteiger partial charge in [0, 0.05) is 12.0 Å². The van der Waals surface area contributed by atoms with Gasteiger partial charge in [-0.1, -0.05) is 18.2 Å². The minimum absolute atomic E-state index is 0.0740. The van der Waals surface area contributed by atoms with Crippen molar-refractivity contribution >= 4 is 0 Å². The molecule has 1 aromatic carbocycles. The van der Waals surface area contributed by atoms with Gasteiger partial charge in [-0.05, 0) is 13.0 Å². The molecule has 15 heavy (non-hydrogen) atoms. The fourth-order valence-corrected chi connectivity index (χ4v) is 1.70. The van der Waals surface area contributed by atoms with Crippen LogP contribution in [0.3, 0.4) is 0 Å². The molecule has 0 spiro atoms. The average molecular weight is 210 g/mol. The molecule has 1 saturated heterocycles. The predicted octanol–water partition coefficient (Wildman–Crippen LogP) is 2.88. The van der Waals surface area contributed by atoms with Gasteiger partial charge >= 0.3 is 0 Å². The summed E-state index contributed by atoms with van der Waals surface area (Å²) in [4.78, 5) is 0. The molecule has 1 heterocycles. The molecule has 3 heteroatoms. The minimum Gasteiger partial charge on any atom is -0.488 e. The van der Waals surface area contributed by atoms with Crippen molar-refractivity contribution in [2.45, 2.75) is 25.6 Å². The van der Waals surface area contributed by atoms with E-state index >= 15 is 0 Å². The Morgan fingerprint density at radius 1 is 1.47 bits per heavy atom. The molecular weight excluding hydrogens is 195 g/mol. The van der Waals surface area contributed by atoms with Crippen LogP contribution < -0.4 is 4.74 Å². The number of benzene rings is 1. The van der Waals surface area contributed by atoms with Crippen molar-refractivity contribution < 1.29 is 13.9 Å². The van der Waals surface area contributed by atoms with Crippen molar-refractivity contribution in [3.8, 4) is 5.75 Å². The molecule has 0 N–H and O–H groups in total. The summed E-state index contributed by atoms with van der Waals surface area (Å²) < 4.78 is 24.2. The zero-order chi connectivity index (χ0) is 10.7. The summed E-state index contributed by atoms with van der Waals surface area (Å²) in [5, 5.41) is 0. The number of alkyl halides is 1. The van der Waals surface area contributed by atoms with Crippen molar-refractivity contribution in [1.82, 2.24) is 0 Å². The first-order chi connectivity index (χ1) is 7.27. The van der Waals surface area contributed by atoms with Crippen molar-refractivity contribution in [2.24, 2.45) is 0 Å². The molecule has 82 valence electrons. The summed E-state index contributed by atoms with van der Waals surface area (Å²) >= 11 is 0. The smallest absolute Gasteiger partial charge is 0.126 e. The van der Waals surface area contributed by atoms with Crippen molar-refractivity contribution in [1.29, 1.82) is 0 Å². The second-order valence-corrected chi connectivity index (χ2v) is 3.76. The molecule has 0 amide bonds. The maximum absolute atomic E-state index is 13.3. The maximum Gasteiger partial charge on any atom is 0.126 e. The van der Waals surface area contributed by atoms with E-state index in [0.29, 0.717) is 17.9 Å². The lowest BCUT2D eigenvalue weighted by Crippen LogP contribution is -2.16. The van der Waals surface area contributed by atoms with E-state index in [4.69, 9.17) is 9.47 Å². The summed E-state index contributed by atoms with van der Waals surface area (Å²) in [6, 6.07) is 7.25. The zero-order valence-corrected chi connectivity index (χ0v) is 8.78. The second kappa shape index (κ2) is 4.62. The third kappa shape index (κ3) is 2.48. The predicted molar refractivity (Wildman–Crippen MR) is 55.8 cm³/mol. The average Bonchev–Trinajstić information content (AvgIpc) is 2.71. The lowest BCUT2D eigenvalue weighted by Gasteiger charge is -2.15. The third-order valence-electron chi connectivity index (χ3n) is 2.53. The van der Waals surface area contributed by atoms with Crippen molar-refractivity contribution in [3.63, 3.8) is 0 Å². The van der Waals surface area contributed by atoms with E-state index < -0.39 is 6.17 Å². The van der Waals surface area contributed by atoms with Crippen LogP contribution in [0.4, 0.5) is 4.39 Å². The molecule has 1 aliphatic heterocycles. The Kier molecular flexibility index (Phi) is 3.21. The van der Waals surface area contributed by atoms with Gasteiger partial charge in [0.1, 0.15) is 18.0 Å². The van der Waals surface area contributed by atoms with Gasteiger partial charge in [0.05, 0.1) is 13.2 Å². The number of hydrogen-bond acceptors (Lipinski definition) is 2. The molecule has 2 nitrogen and oxygen atoms in total. The Hall–Kier alpha value is -1.09. The van der Waals surface area contributed by atoms with E-state index in [0.717, 1.165) is 13.0 Å². The second-order valence-electron chi connectivity index (χ2n) is 3.76. The lowest BCUT2D eigenvalue weighted by atomic mass is 10.1. The largest absolute Gasteiger partial charge is 0.488 e. The molecule has 0 aliphatic carbocycles. The van der Waals surface area contributed by atoms with Crippen LogP contribution in [0.1, 0.15) is 25.1 Å². The van der Waals surface area contributed by atoms with Gasteiger partial charge in [-0.2, -0.15) is 0 Å². The number of halogens is 1. The quantitative estimate of drug-likeness (QED) is 0.763. The molecule has 1 fully saturated rings. The number of rotatable bonds is 3. The summed E-state index contributed by atoms with van der Waals surface area (Å²) in [7, 11) is 0. The van der Waals surface area contributed by atoms with Gasteiger partial charge < -0.3 is 9.47 Å². The maximum atomic E-state index is 13.3. The van der Waals surface area contributed by atoms with Gasteiger partial charge in [-0.25, -0.2) is 4.39 Å². The summed E-state index contributed by atoms with van der Waals surface area (Å²) in [5.74, 6) is 0.642. The topological polar surface area (TPSA) is 18.5 Å². The van der Waals surface area contributed by atoms with Crippen molar-refractivity contribution in [3.05, 3.63) is 29.8 Å². The highest BCUT2D eigenvalue weighted by Gasteiger charge is 2.19. The Morgan fingerprint density at radius 2 is 2.27 bits per heavy atom. The molecular formula is C12H15FO2. The van der Waals surface area contributed by atoms with Crippen LogP contribution in [0, 0.1) is 0 Å². The molecule has 2 unspecified atom stereocenters. The molecule has 0 saturated carbocycles. The van der Waals surface area contributed by atoms with Crippen molar-refractivity contribution in [2.75, 3.05) is 13.2 Å². The van der Waals surface area contributed by atoms with E-state index in [-0.39, 0.29) is 6.10 Å². The van der Waals surface area contributed by atoms with E-state index in [1.807, 2.05) is 18.2 Å². The van der Waals surface area contributed by atoms with Crippen LogP contribution in [0.15, 0.2) is 24.3 Å². The van der Waals surface area contributed by atoms with Crippen LogP contribution in [-0.4, -0.2) is 19.3 Å². The van der Waals surface area contributed by atoms with Gasteiger partial charge in [0.15, 0.2) is 0 Å². The number of para-hydroxylation sites is 1. The zero-order valence-electron chi connectivity index (χ0n) is 8.78. The Morgan fingerprint density at radius 3 is 2.93 bits per heavy atom. The van der Waals surface area contributed by atoms with Crippen LogP contribution in [0.5, 0.6) is 5.75 Å². The summed E-state index contributed by atoms with van der Waals surface area (Å²) in [6.07, 6.45) is -0.0388. The van der Waals surface area contributed by atoms with E-state index in [1.165, 1.54) is 6.92 Å². The summed E-state index contributed by atoms with van der Waals surface area (Å²) in [6.45, 7) is 2.86. The van der Waals surface area contributed by atoms with E-state index in [1.54, 1.807) is 6.07 Å². The summed E-state index contributed by atoms with van der Waals surface area (Å²) in [5.41, 5.74) is 0.615. The first-order valence-corrected chi connectivity index (χ1v) is 5.25. The Balaban J connectivity index is 2.12. The Labute approximate surface area is 89.0 Å². The van der Waals surface area contributed by atoms with Gasteiger partial charge in [0.25, 0.3) is 0 Å². The lowest BCUT2D eigenvalue weighted by molar-refractivity contribution is 0.139. The molecule has 2 rings (SSSR count). The highest BCUT2D eigenvalue weighted by molar-refractivity contribution is 5.35. The standard InChI is InChI=1S/C12H15FO2/c1-9(13)11-4-2-3-5-12(11)15-10-6-7-14-8-10/h2-5,9-10H,6-8H2,1H3. The molecule has 2 atom stereocenters. The molecule has 1 aromatic rings. The van der Waals surface area contributed by atoms with Gasteiger partial charge in [-0.3, -0.25) is 0 Å². The third-order valence-corrected chi connectivity index (χ3v) is 2.53. The first-order valence-electron chi connectivity index (χ1n) is 5.25. The normalized spacial score (nSPS) is 22.7. The highest BCUT2D eigenvalue weighted by atomic mass is 19.1. The number of ether oxygens (including phenoxy) is 2.